The van der Waals surface area contributed by atoms with Gasteiger partial charge in [0, 0.05) is 15.3 Å². The predicted molar refractivity (Wildman–Crippen MR) is 85.8 cm³/mol. The van der Waals surface area contributed by atoms with Crippen LogP contribution >= 0.6 is 27.5 Å². The van der Waals surface area contributed by atoms with Gasteiger partial charge in [-0.25, -0.2) is 0 Å². The van der Waals surface area contributed by atoms with Crippen molar-refractivity contribution in [3.8, 4) is 5.75 Å². The third-order valence-electron chi connectivity index (χ3n) is 4.24. The highest BCUT2D eigenvalue weighted by Gasteiger charge is 2.48. The van der Waals surface area contributed by atoms with Gasteiger partial charge in [0.05, 0.1) is 0 Å². The number of benzene rings is 1. The van der Waals surface area contributed by atoms with Crippen LogP contribution in [0.2, 0.25) is 5.02 Å². The molecule has 0 amide bonds. The van der Waals surface area contributed by atoms with Gasteiger partial charge in [-0.2, -0.15) is 0 Å². The summed E-state index contributed by atoms with van der Waals surface area (Å²) in [4.78, 5) is 0.544. The Morgan fingerprint density at radius 2 is 2.00 bits per heavy atom. The predicted octanol–water partition coefficient (Wildman–Crippen LogP) is 5.71. The van der Waals surface area contributed by atoms with Gasteiger partial charge >= 0.3 is 0 Å². The van der Waals surface area contributed by atoms with Crippen molar-refractivity contribution in [2.24, 2.45) is 5.41 Å². The van der Waals surface area contributed by atoms with E-state index in [1.54, 1.807) is 0 Å². The summed E-state index contributed by atoms with van der Waals surface area (Å²) in [5.41, 5.74) is 2.46. The standard InChI is InChI=1S/C16H22BrClO/c1-9(2)11-7-13(10(3)6-12(11)18)19-15-8-14(17)16(15,4)5/h6-7,9,14-15H,8H2,1-5H3. The molecule has 1 aliphatic carbocycles. The molecule has 1 nitrogen and oxygen atoms in total. The number of hydrogen-bond acceptors (Lipinski definition) is 1. The Kier molecular flexibility index (Phi) is 4.23. The van der Waals surface area contributed by atoms with Crippen molar-refractivity contribution in [1.29, 1.82) is 0 Å². The van der Waals surface area contributed by atoms with Crippen molar-refractivity contribution >= 4 is 27.5 Å². The van der Waals surface area contributed by atoms with Gasteiger partial charge in [0.2, 0.25) is 0 Å². The number of ether oxygens (including phenoxy) is 1. The first-order valence-electron chi connectivity index (χ1n) is 6.84. The average molecular weight is 346 g/mol. The molecular weight excluding hydrogens is 324 g/mol. The van der Waals surface area contributed by atoms with Crippen LogP contribution in [-0.2, 0) is 0 Å². The van der Waals surface area contributed by atoms with Gasteiger partial charge in [0.25, 0.3) is 0 Å². The lowest BCUT2D eigenvalue weighted by Crippen LogP contribution is -2.53. The molecule has 0 spiro atoms. The molecule has 1 aromatic carbocycles. The van der Waals surface area contributed by atoms with Crippen LogP contribution in [-0.4, -0.2) is 10.9 Å². The second kappa shape index (κ2) is 5.29. The normalized spacial score (nSPS) is 25.3. The maximum Gasteiger partial charge on any atom is 0.123 e. The topological polar surface area (TPSA) is 9.23 Å². The third kappa shape index (κ3) is 2.80. The molecule has 19 heavy (non-hydrogen) atoms. The van der Waals surface area contributed by atoms with Crippen LogP contribution in [0.3, 0.4) is 0 Å². The largest absolute Gasteiger partial charge is 0.490 e. The molecule has 2 unspecified atom stereocenters. The van der Waals surface area contributed by atoms with E-state index in [1.807, 2.05) is 6.07 Å². The van der Waals surface area contributed by atoms with Crippen LogP contribution in [0.25, 0.3) is 0 Å². The summed E-state index contributed by atoms with van der Waals surface area (Å²) in [7, 11) is 0. The fourth-order valence-electron chi connectivity index (χ4n) is 2.43. The maximum atomic E-state index is 6.30. The Bertz CT molecular complexity index is 482. The highest BCUT2D eigenvalue weighted by molar-refractivity contribution is 9.09. The Hall–Kier alpha value is -0.210. The van der Waals surface area contributed by atoms with Gasteiger partial charge in [-0.1, -0.05) is 55.2 Å². The van der Waals surface area contributed by atoms with Gasteiger partial charge in [-0.3, -0.25) is 0 Å². The van der Waals surface area contributed by atoms with E-state index in [1.165, 1.54) is 0 Å². The van der Waals surface area contributed by atoms with E-state index in [2.05, 4.69) is 56.6 Å². The zero-order valence-electron chi connectivity index (χ0n) is 12.3. The van der Waals surface area contributed by atoms with Crippen molar-refractivity contribution in [3.05, 3.63) is 28.3 Å². The van der Waals surface area contributed by atoms with Gasteiger partial charge in [-0.15, -0.1) is 0 Å². The molecule has 106 valence electrons. The number of hydrogen-bond donors (Lipinski definition) is 0. The highest BCUT2D eigenvalue weighted by Crippen LogP contribution is 2.48. The van der Waals surface area contributed by atoms with E-state index >= 15 is 0 Å². The summed E-state index contributed by atoms with van der Waals surface area (Å²) < 4.78 is 6.22. The van der Waals surface area contributed by atoms with E-state index in [9.17, 15) is 0 Å². The molecule has 0 heterocycles. The monoisotopic (exact) mass is 344 g/mol. The van der Waals surface area contributed by atoms with Crippen LogP contribution < -0.4 is 4.74 Å². The lowest BCUT2D eigenvalue weighted by Gasteiger charge is -2.48. The van der Waals surface area contributed by atoms with Crippen LogP contribution in [0.5, 0.6) is 5.75 Å². The minimum absolute atomic E-state index is 0.185. The van der Waals surface area contributed by atoms with Crippen LogP contribution in [0.4, 0.5) is 0 Å². The molecule has 2 rings (SSSR count). The molecule has 0 aromatic heterocycles. The quantitative estimate of drug-likeness (QED) is 0.637. The van der Waals surface area contributed by atoms with E-state index in [0.717, 1.165) is 28.3 Å². The van der Waals surface area contributed by atoms with E-state index in [-0.39, 0.29) is 11.5 Å². The summed E-state index contributed by atoms with van der Waals surface area (Å²) in [6, 6.07) is 4.13. The summed E-state index contributed by atoms with van der Waals surface area (Å²) in [5.74, 6) is 1.39. The van der Waals surface area contributed by atoms with Gasteiger partial charge < -0.3 is 4.74 Å². The second-order valence-electron chi connectivity index (χ2n) is 6.43. The second-order valence-corrected chi connectivity index (χ2v) is 7.94. The summed E-state index contributed by atoms with van der Waals surface area (Å²) in [6.07, 6.45) is 1.34. The Labute approximate surface area is 129 Å². The zero-order valence-corrected chi connectivity index (χ0v) is 14.6. The number of rotatable bonds is 3. The molecule has 0 radical (unpaired) electrons. The molecule has 0 saturated heterocycles. The van der Waals surface area contributed by atoms with Crippen molar-refractivity contribution in [2.75, 3.05) is 0 Å². The van der Waals surface area contributed by atoms with Crippen molar-refractivity contribution in [3.63, 3.8) is 0 Å². The molecule has 1 saturated carbocycles. The molecule has 1 aliphatic rings. The van der Waals surface area contributed by atoms with E-state index in [4.69, 9.17) is 16.3 Å². The number of alkyl halides is 1. The molecule has 0 N–H and O–H groups in total. The Morgan fingerprint density at radius 1 is 1.37 bits per heavy atom. The van der Waals surface area contributed by atoms with E-state index < -0.39 is 0 Å². The van der Waals surface area contributed by atoms with Crippen LogP contribution in [0.15, 0.2) is 12.1 Å². The van der Waals surface area contributed by atoms with E-state index in [0.29, 0.717) is 10.7 Å². The van der Waals surface area contributed by atoms with Gasteiger partial charge in [0.15, 0.2) is 0 Å². The number of halogens is 2. The van der Waals surface area contributed by atoms with Gasteiger partial charge in [0.1, 0.15) is 11.9 Å². The first kappa shape index (κ1) is 15.2. The fourth-order valence-corrected chi connectivity index (χ4v) is 3.50. The summed E-state index contributed by atoms with van der Waals surface area (Å²) >= 11 is 10.00. The van der Waals surface area contributed by atoms with Crippen LogP contribution in [0.1, 0.15) is 51.2 Å². The first-order chi connectivity index (χ1) is 8.73. The minimum atomic E-state index is 0.185. The molecule has 3 heteroatoms. The first-order valence-corrected chi connectivity index (χ1v) is 8.13. The molecule has 0 bridgehead atoms. The summed E-state index contributed by atoms with van der Waals surface area (Å²) in [6.45, 7) is 10.9. The minimum Gasteiger partial charge on any atom is -0.490 e. The lowest BCUT2D eigenvalue weighted by atomic mass is 9.69. The Morgan fingerprint density at radius 3 is 2.47 bits per heavy atom. The maximum absolute atomic E-state index is 6.30. The lowest BCUT2D eigenvalue weighted by molar-refractivity contribution is -0.00827. The molecule has 2 atom stereocenters. The van der Waals surface area contributed by atoms with Crippen molar-refractivity contribution < 1.29 is 4.74 Å². The van der Waals surface area contributed by atoms with Gasteiger partial charge in [-0.05, 0) is 42.5 Å². The van der Waals surface area contributed by atoms with Crippen LogP contribution in [0, 0.1) is 12.3 Å². The fraction of sp³-hybridized carbons (Fsp3) is 0.625. The smallest absolute Gasteiger partial charge is 0.123 e. The highest BCUT2D eigenvalue weighted by atomic mass is 79.9. The zero-order chi connectivity index (χ0) is 14.4. The number of aryl methyl sites for hydroxylation is 1. The molecule has 1 fully saturated rings. The molecule has 0 aliphatic heterocycles. The van der Waals surface area contributed by atoms with Crippen molar-refractivity contribution in [2.45, 2.75) is 57.9 Å². The average Bonchev–Trinajstić information content (AvgIpc) is 2.31. The Balaban J connectivity index is 2.24. The SMILES string of the molecule is Cc1cc(Cl)c(C(C)C)cc1OC1CC(Br)C1(C)C. The molecular formula is C16H22BrClO. The summed E-state index contributed by atoms with van der Waals surface area (Å²) in [5, 5.41) is 0.839. The third-order valence-corrected chi connectivity index (χ3v) is 6.12. The molecule has 1 aromatic rings. The van der Waals surface area contributed by atoms with Crippen molar-refractivity contribution in [1.82, 2.24) is 0 Å².